The maximum absolute atomic E-state index is 13.7. The molecule has 3 rings (SSSR count). The van der Waals surface area contributed by atoms with Crippen molar-refractivity contribution in [3.8, 4) is 0 Å². The number of nitrogens with zero attached hydrogens (tertiary/aromatic N) is 3. The Hall–Kier alpha value is -1.46. The normalized spacial score (nSPS) is 17.8. The highest BCUT2D eigenvalue weighted by molar-refractivity contribution is 5.76. The Balaban J connectivity index is 1.88. The number of nitrogens with one attached hydrogen (secondary N) is 1. The lowest BCUT2D eigenvalue weighted by atomic mass is 10.3. The van der Waals surface area contributed by atoms with Crippen molar-refractivity contribution < 1.29 is 4.39 Å². The summed E-state index contributed by atoms with van der Waals surface area (Å²) in [5.41, 5.74) is 1.34. The first-order chi connectivity index (χ1) is 9.25. The minimum absolute atomic E-state index is 0.239. The Morgan fingerprint density at radius 3 is 3.05 bits per heavy atom. The van der Waals surface area contributed by atoms with Gasteiger partial charge < -0.3 is 9.88 Å². The summed E-state index contributed by atoms with van der Waals surface area (Å²) in [5.74, 6) is 0.693. The molecule has 0 aliphatic carbocycles. The number of halogens is 1. The van der Waals surface area contributed by atoms with Crippen LogP contribution < -0.4 is 5.32 Å². The second-order valence-electron chi connectivity index (χ2n) is 5.07. The lowest BCUT2D eigenvalue weighted by Crippen LogP contribution is -2.28. The molecule has 0 radical (unpaired) electrons. The number of aryl methyl sites for hydroxylation is 1. The summed E-state index contributed by atoms with van der Waals surface area (Å²) in [6.45, 7) is 4.96. The van der Waals surface area contributed by atoms with Crippen LogP contribution in [-0.4, -0.2) is 40.6 Å². The van der Waals surface area contributed by atoms with Gasteiger partial charge in [-0.1, -0.05) is 6.07 Å². The van der Waals surface area contributed by atoms with Crippen molar-refractivity contribution in [3.63, 3.8) is 0 Å². The summed E-state index contributed by atoms with van der Waals surface area (Å²) < 4.78 is 15.7. The molecule has 0 unspecified atom stereocenters. The molecule has 1 fully saturated rings. The summed E-state index contributed by atoms with van der Waals surface area (Å²) >= 11 is 0. The Morgan fingerprint density at radius 2 is 2.21 bits per heavy atom. The molecule has 0 atom stereocenters. The zero-order valence-corrected chi connectivity index (χ0v) is 11.2. The van der Waals surface area contributed by atoms with Crippen LogP contribution in [0.3, 0.4) is 0 Å². The van der Waals surface area contributed by atoms with Crippen molar-refractivity contribution in [1.82, 2.24) is 19.8 Å². The quantitative estimate of drug-likeness (QED) is 0.890. The Kier molecular flexibility index (Phi) is 3.48. The molecule has 0 spiro atoms. The molecule has 1 aliphatic rings. The molecule has 2 heterocycles. The van der Waals surface area contributed by atoms with Gasteiger partial charge in [0, 0.05) is 20.1 Å². The smallest absolute Gasteiger partial charge is 0.151 e. The molecular weight excluding hydrogens is 243 g/mol. The zero-order chi connectivity index (χ0) is 13.2. The van der Waals surface area contributed by atoms with Crippen LogP contribution in [0.1, 0.15) is 12.2 Å². The number of aromatic nitrogens is 2. The number of imidazole rings is 1. The van der Waals surface area contributed by atoms with Crippen LogP contribution in [0.2, 0.25) is 0 Å². The molecule has 1 aliphatic heterocycles. The van der Waals surface area contributed by atoms with Crippen LogP contribution in [0.25, 0.3) is 11.0 Å². The van der Waals surface area contributed by atoms with Crippen LogP contribution >= 0.6 is 0 Å². The molecule has 1 aromatic carbocycles. The molecule has 0 bridgehead atoms. The third-order valence-electron chi connectivity index (χ3n) is 3.75. The van der Waals surface area contributed by atoms with Gasteiger partial charge >= 0.3 is 0 Å². The molecule has 0 amide bonds. The van der Waals surface area contributed by atoms with Gasteiger partial charge in [-0.15, -0.1) is 0 Å². The van der Waals surface area contributed by atoms with E-state index in [2.05, 4.69) is 15.2 Å². The minimum atomic E-state index is -0.239. The third kappa shape index (κ3) is 2.48. The highest BCUT2D eigenvalue weighted by atomic mass is 19.1. The van der Waals surface area contributed by atoms with E-state index in [-0.39, 0.29) is 5.82 Å². The fourth-order valence-electron chi connectivity index (χ4n) is 2.63. The van der Waals surface area contributed by atoms with Gasteiger partial charge in [0.15, 0.2) is 5.82 Å². The molecule has 1 N–H and O–H groups in total. The topological polar surface area (TPSA) is 33.1 Å². The summed E-state index contributed by atoms with van der Waals surface area (Å²) in [6, 6.07) is 5.12. The predicted octanol–water partition coefficient (Wildman–Crippen LogP) is 1.51. The first kappa shape index (κ1) is 12.6. The van der Waals surface area contributed by atoms with E-state index in [9.17, 15) is 4.39 Å². The van der Waals surface area contributed by atoms with E-state index in [0.717, 1.165) is 50.5 Å². The first-order valence-electron chi connectivity index (χ1n) is 6.78. The number of para-hydroxylation sites is 1. The van der Waals surface area contributed by atoms with E-state index in [1.165, 1.54) is 6.07 Å². The van der Waals surface area contributed by atoms with E-state index in [0.29, 0.717) is 5.52 Å². The van der Waals surface area contributed by atoms with Gasteiger partial charge in [0.05, 0.1) is 12.1 Å². The predicted molar refractivity (Wildman–Crippen MR) is 73.4 cm³/mol. The monoisotopic (exact) mass is 262 g/mol. The lowest BCUT2D eigenvalue weighted by Gasteiger charge is -2.18. The van der Waals surface area contributed by atoms with E-state index in [4.69, 9.17) is 0 Å². The van der Waals surface area contributed by atoms with Gasteiger partial charge in [0.1, 0.15) is 11.3 Å². The van der Waals surface area contributed by atoms with Gasteiger partial charge in [-0.2, -0.15) is 0 Å². The van der Waals surface area contributed by atoms with Crippen molar-refractivity contribution in [3.05, 3.63) is 29.8 Å². The fourth-order valence-corrected chi connectivity index (χ4v) is 2.63. The highest BCUT2D eigenvalue weighted by Crippen LogP contribution is 2.19. The Bertz CT molecular complexity index is 570. The summed E-state index contributed by atoms with van der Waals surface area (Å²) in [6.07, 6.45) is 1.15. The van der Waals surface area contributed by atoms with Crippen molar-refractivity contribution in [1.29, 1.82) is 0 Å². The van der Waals surface area contributed by atoms with Crippen LogP contribution in [0.15, 0.2) is 18.2 Å². The van der Waals surface area contributed by atoms with Gasteiger partial charge in [0.2, 0.25) is 0 Å². The number of hydrogen-bond acceptors (Lipinski definition) is 3. The number of benzene rings is 1. The fraction of sp³-hybridized carbons (Fsp3) is 0.500. The summed E-state index contributed by atoms with van der Waals surface area (Å²) in [7, 11) is 1.96. The summed E-state index contributed by atoms with van der Waals surface area (Å²) in [4.78, 5) is 6.84. The standard InChI is InChI=1S/C14H19FN4/c1-18-12-5-2-4-11(15)14(12)17-13(18)10-19-8-3-6-16-7-9-19/h2,4-5,16H,3,6-10H2,1H3. The second-order valence-corrected chi connectivity index (χ2v) is 5.07. The van der Waals surface area contributed by atoms with Gasteiger partial charge in [0.25, 0.3) is 0 Å². The Morgan fingerprint density at radius 1 is 1.32 bits per heavy atom. The van der Waals surface area contributed by atoms with Gasteiger partial charge in [-0.05, 0) is 31.6 Å². The molecule has 19 heavy (non-hydrogen) atoms. The van der Waals surface area contributed by atoms with Crippen LogP contribution in [0.4, 0.5) is 4.39 Å². The van der Waals surface area contributed by atoms with Crippen molar-refractivity contribution in [2.45, 2.75) is 13.0 Å². The van der Waals surface area contributed by atoms with Gasteiger partial charge in [-0.25, -0.2) is 9.37 Å². The number of rotatable bonds is 2. The largest absolute Gasteiger partial charge is 0.330 e. The molecule has 0 saturated carbocycles. The molecule has 102 valence electrons. The molecule has 4 nitrogen and oxygen atoms in total. The summed E-state index contributed by atoms with van der Waals surface area (Å²) in [5, 5.41) is 3.38. The number of fused-ring (bicyclic) bond motifs is 1. The highest BCUT2D eigenvalue weighted by Gasteiger charge is 2.15. The minimum Gasteiger partial charge on any atom is -0.330 e. The first-order valence-corrected chi connectivity index (χ1v) is 6.78. The van der Waals surface area contributed by atoms with Crippen molar-refractivity contribution in [2.75, 3.05) is 26.2 Å². The molecule has 1 saturated heterocycles. The van der Waals surface area contributed by atoms with E-state index in [1.54, 1.807) is 6.07 Å². The second kappa shape index (κ2) is 5.27. The molecular formula is C14H19FN4. The van der Waals surface area contributed by atoms with Crippen LogP contribution in [0.5, 0.6) is 0 Å². The van der Waals surface area contributed by atoms with Crippen LogP contribution in [0, 0.1) is 5.82 Å². The van der Waals surface area contributed by atoms with Gasteiger partial charge in [-0.3, -0.25) is 4.90 Å². The third-order valence-corrected chi connectivity index (χ3v) is 3.75. The molecule has 5 heteroatoms. The maximum atomic E-state index is 13.7. The SMILES string of the molecule is Cn1c(CN2CCCNCC2)nc2c(F)cccc21. The average Bonchev–Trinajstić information content (AvgIpc) is 2.60. The van der Waals surface area contributed by atoms with Crippen molar-refractivity contribution in [2.24, 2.45) is 7.05 Å². The van der Waals surface area contributed by atoms with Crippen molar-refractivity contribution >= 4 is 11.0 Å². The van der Waals surface area contributed by atoms with E-state index < -0.39 is 0 Å². The van der Waals surface area contributed by atoms with E-state index >= 15 is 0 Å². The molecule has 2 aromatic rings. The Labute approximate surface area is 112 Å². The van der Waals surface area contributed by atoms with E-state index in [1.807, 2.05) is 17.7 Å². The maximum Gasteiger partial charge on any atom is 0.151 e. The lowest BCUT2D eigenvalue weighted by molar-refractivity contribution is 0.275. The average molecular weight is 262 g/mol. The zero-order valence-electron chi connectivity index (χ0n) is 11.2. The van der Waals surface area contributed by atoms with Crippen LogP contribution in [-0.2, 0) is 13.6 Å². The number of hydrogen-bond donors (Lipinski definition) is 1. The molecule has 1 aromatic heterocycles.